The zero-order valence-electron chi connectivity index (χ0n) is 8.90. The molecule has 1 rings (SSSR count). The fraction of sp³-hybridized carbons (Fsp3) is 0.500. The summed E-state index contributed by atoms with van der Waals surface area (Å²) in [5.41, 5.74) is 1.10. The molecule has 3 heteroatoms. The maximum atomic E-state index is 12.1. The van der Waals surface area contributed by atoms with Crippen molar-refractivity contribution in [1.82, 2.24) is 0 Å². The van der Waals surface area contributed by atoms with Gasteiger partial charge in [-0.2, -0.15) is 0 Å². The van der Waals surface area contributed by atoms with Gasteiger partial charge in [0.05, 0.1) is 6.67 Å². The standard InChI is InChI=1S/C12H18FNO/c13-8-4-9-14(10-5-11-15)12-6-2-1-3-7-12/h1-3,6-7,15H,4-5,8-11H2. The molecule has 0 spiro atoms. The van der Waals surface area contributed by atoms with Crippen molar-refractivity contribution in [2.75, 3.05) is 31.3 Å². The first-order valence-corrected chi connectivity index (χ1v) is 5.35. The van der Waals surface area contributed by atoms with Gasteiger partial charge in [0.25, 0.3) is 0 Å². The second-order valence-electron chi connectivity index (χ2n) is 3.44. The number of hydrogen-bond donors (Lipinski definition) is 1. The number of nitrogens with zero attached hydrogens (tertiary/aromatic N) is 1. The van der Waals surface area contributed by atoms with Crippen molar-refractivity contribution in [3.05, 3.63) is 30.3 Å². The Morgan fingerprint density at radius 3 is 2.33 bits per heavy atom. The Labute approximate surface area is 90.3 Å². The summed E-state index contributed by atoms with van der Waals surface area (Å²) in [6.45, 7) is 1.38. The van der Waals surface area contributed by atoms with Crippen LogP contribution < -0.4 is 4.90 Å². The van der Waals surface area contributed by atoms with Gasteiger partial charge in [-0.15, -0.1) is 0 Å². The molecule has 1 aromatic rings. The van der Waals surface area contributed by atoms with E-state index < -0.39 is 0 Å². The first-order valence-electron chi connectivity index (χ1n) is 5.35. The van der Waals surface area contributed by atoms with Gasteiger partial charge >= 0.3 is 0 Å². The monoisotopic (exact) mass is 211 g/mol. The summed E-state index contributed by atoms with van der Waals surface area (Å²) >= 11 is 0. The molecule has 0 aromatic heterocycles. The van der Waals surface area contributed by atoms with E-state index in [1.54, 1.807) is 0 Å². The lowest BCUT2D eigenvalue weighted by Gasteiger charge is -2.24. The molecule has 1 aromatic carbocycles. The van der Waals surface area contributed by atoms with E-state index in [0.29, 0.717) is 13.0 Å². The molecule has 0 aliphatic heterocycles. The molecule has 0 aliphatic rings. The first kappa shape index (κ1) is 12.0. The number of aliphatic hydroxyl groups is 1. The van der Waals surface area contributed by atoms with Gasteiger partial charge in [-0.25, -0.2) is 0 Å². The smallest absolute Gasteiger partial charge is 0.0911 e. The minimum absolute atomic E-state index is 0.180. The third kappa shape index (κ3) is 4.30. The summed E-state index contributed by atoms with van der Waals surface area (Å²) in [5, 5.41) is 8.79. The maximum absolute atomic E-state index is 12.1. The fourth-order valence-electron chi connectivity index (χ4n) is 1.52. The van der Waals surface area contributed by atoms with Crippen LogP contribution in [-0.4, -0.2) is 31.5 Å². The van der Waals surface area contributed by atoms with Crippen molar-refractivity contribution in [2.45, 2.75) is 12.8 Å². The maximum Gasteiger partial charge on any atom is 0.0911 e. The highest BCUT2D eigenvalue weighted by Crippen LogP contribution is 2.13. The Morgan fingerprint density at radius 1 is 1.07 bits per heavy atom. The minimum Gasteiger partial charge on any atom is -0.396 e. The molecule has 0 saturated heterocycles. The van der Waals surface area contributed by atoms with E-state index in [2.05, 4.69) is 4.90 Å². The van der Waals surface area contributed by atoms with Crippen LogP contribution in [0.5, 0.6) is 0 Å². The first-order chi connectivity index (χ1) is 7.38. The number of anilines is 1. The van der Waals surface area contributed by atoms with E-state index in [1.807, 2.05) is 30.3 Å². The predicted octanol–water partition coefficient (Wildman–Crippen LogP) is 2.24. The molecular weight excluding hydrogens is 193 g/mol. The predicted molar refractivity (Wildman–Crippen MR) is 60.9 cm³/mol. The molecule has 0 atom stereocenters. The molecule has 0 unspecified atom stereocenters. The fourth-order valence-corrected chi connectivity index (χ4v) is 1.52. The van der Waals surface area contributed by atoms with Gasteiger partial charge in [0.1, 0.15) is 0 Å². The third-order valence-electron chi connectivity index (χ3n) is 2.27. The molecule has 0 saturated carbocycles. The van der Waals surface area contributed by atoms with Gasteiger partial charge in [-0.3, -0.25) is 4.39 Å². The topological polar surface area (TPSA) is 23.5 Å². The molecule has 0 radical (unpaired) electrons. The van der Waals surface area contributed by atoms with E-state index in [4.69, 9.17) is 5.11 Å². The number of aliphatic hydroxyl groups excluding tert-OH is 1. The van der Waals surface area contributed by atoms with Crippen LogP contribution in [0.3, 0.4) is 0 Å². The minimum atomic E-state index is -0.289. The van der Waals surface area contributed by atoms with Crippen LogP contribution >= 0.6 is 0 Å². The Bertz CT molecular complexity index is 245. The SMILES string of the molecule is OCCCN(CCCF)c1ccccc1. The van der Waals surface area contributed by atoms with Gasteiger partial charge in [0.15, 0.2) is 0 Å². The van der Waals surface area contributed by atoms with Crippen LogP contribution in [0, 0.1) is 0 Å². The van der Waals surface area contributed by atoms with Crippen LogP contribution in [0.15, 0.2) is 30.3 Å². The summed E-state index contributed by atoms with van der Waals surface area (Å²) < 4.78 is 12.1. The molecule has 0 bridgehead atoms. The molecular formula is C12H18FNO. The highest BCUT2D eigenvalue weighted by molar-refractivity contribution is 5.45. The Balaban J connectivity index is 2.55. The van der Waals surface area contributed by atoms with E-state index in [0.717, 1.165) is 18.7 Å². The van der Waals surface area contributed by atoms with Crippen LogP contribution in [0.4, 0.5) is 10.1 Å². The average Bonchev–Trinajstić information content (AvgIpc) is 2.30. The summed E-state index contributed by atoms with van der Waals surface area (Å²) in [6, 6.07) is 9.92. The van der Waals surface area contributed by atoms with Gasteiger partial charge in [-0.05, 0) is 25.0 Å². The second-order valence-corrected chi connectivity index (χ2v) is 3.44. The van der Waals surface area contributed by atoms with E-state index in [-0.39, 0.29) is 13.3 Å². The Hall–Kier alpha value is -1.09. The molecule has 0 heterocycles. The van der Waals surface area contributed by atoms with Crippen LogP contribution in [0.1, 0.15) is 12.8 Å². The quantitative estimate of drug-likeness (QED) is 0.747. The number of para-hydroxylation sites is 1. The van der Waals surface area contributed by atoms with Crippen molar-refractivity contribution in [3.63, 3.8) is 0 Å². The summed E-state index contributed by atoms with van der Waals surface area (Å²) in [6.07, 6.45) is 1.27. The number of halogens is 1. The highest BCUT2D eigenvalue weighted by Gasteiger charge is 2.04. The van der Waals surface area contributed by atoms with E-state index in [9.17, 15) is 4.39 Å². The molecule has 0 amide bonds. The van der Waals surface area contributed by atoms with E-state index >= 15 is 0 Å². The summed E-state index contributed by atoms with van der Waals surface area (Å²) in [7, 11) is 0. The lowest BCUT2D eigenvalue weighted by Crippen LogP contribution is -2.26. The number of hydrogen-bond acceptors (Lipinski definition) is 2. The number of alkyl halides is 1. The van der Waals surface area contributed by atoms with Crippen LogP contribution in [0.25, 0.3) is 0 Å². The Kier molecular flexibility index (Phi) is 5.78. The molecule has 2 nitrogen and oxygen atoms in total. The van der Waals surface area contributed by atoms with Crippen molar-refractivity contribution < 1.29 is 9.50 Å². The van der Waals surface area contributed by atoms with Crippen molar-refractivity contribution in [1.29, 1.82) is 0 Å². The van der Waals surface area contributed by atoms with Crippen molar-refractivity contribution in [2.24, 2.45) is 0 Å². The van der Waals surface area contributed by atoms with Crippen molar-refractivity contribution in [3.8, 4) is 0 Å². The molecule has 0 aliphatic carbocycles. The Morgan fingerprint density at radius 2 is 1.73 bits per heavy atom. The van der Waals surface area contributed by atoms with Crippen LogP contribution in [0.2, 0.25) is 0 Å². The molecule has 1 N–H and O–H groups in total. The molecule has 0 fully saturated rings. The average molecular weight is 211 g/mol. The lowest BCUT2D eigenvalue weighted by molar-refractivity contribution is 0.289. The highest BCUT2D eigenvalue weighted by atomic mass is 19.1. The lowest BCUT2D eigenvalue weighted by atomic mass is 10.2. The van der Waals surface area contributed by atoms with E-state index in [1.165, 1.54) is 0 Å². The third-order valence-corrected chi connectivity index (χ3v) is 2.27. The largest absolute Gasteiger partial charge is 0.396 e. The number of benzene rings is 1. The summed E-state index contributed by atoms with van der Waals surface area (Å²) in [5.74, 6) is 0. The van der Waals surface area contributed by atoms with Gasteiger partial charge in [0.2, 0.25) is 0 Å². The molecule has 15 heavy (non-hydrogen) atoms. The summed E-state index contributed by atoms with van der Waals surface area (Å²) in [4.78, 5) is 2.11. The number of rotatable bonds is 7. The zero-order chi connectivity index (χ0) is 10.9. The molecule has 84 valence electrons. The van der Waals surface area contributed by atoms with Gasteiger partial charge in [0, 0.05) is 25.4 Å². The second kappa shape index (κ2) is 7.23. The van der Waals surface area contributed by atoms with Crippen molar-refractivity contribution >= 4 is 5.69 Å². The zero-order valence-corrected chi connectivity index (χ0v) is 8.90. The normalized spacial score (nSPS) is 10.3. The van der Waals surface area contributed by atoms with Gasteiger partial charge in [-0.1, -0.05) is 18.2 Å². The van der Waals surface area contributed by atoms with Crippen LogP contribution in [-0.2, 0) is 0 Å². The van der Waals surface area contributed by atoms with Gasteiger partial charge < -0.3 is 10.0 Å².